The Morgan fingerprint density at radius 3 is 1.55 bits per heavy atom. The van der Waals surface area contributed by atoms with Crippen molar-refractivity contribution < 1.29 is 8.85 Å². The molecule has 0 aliphatic carbocycles. The highest BCUT2D eigenvalue weighted by Crippen LogP contribution is 2.38. The van der Waals surface area contributed by atoms with Crippen molar-refractivity contribution in [3.05, 3.63) is 0 Å². The molecule has 0 radical (unpaired) electrons. The lowest BCUT2D eigenvalue weighted by atomic mass is 10.3. The number of rotatable bonds is 9. The highest BCUT2D eigenvalue weighted by Gasteiger charge is 2.51. The second-order valence-corrected chi connectivity index (χ2v) is 23.8. The van der Waals surface area contributed by atoms with Gasteiger partial charge in [0.05, 0.1) is 13.3 Å². The smallest absolute Gasteiger partial charge is 0.216 e. The molecule has 1 atom stereocenters. The molecule has 0 aliphatic heterocycles. The molecular weight excluding hydrogens is 320 g/mol. The van der Waals surface area contributed by atoms with Crippen LogP contribution in [0.5, 0.6) is 0 Å². The van der Waals surface area contributed by atoms with Gasteiger partial charge in [-0.15, -0.1) is 0 Å². The van der Waals surface area contributed by atoms with Gasteiger partial charge in [-0.2, -0.15) is 0 Å². The normalized spacial score (nSPS) is 17.5. The van der Waals surface area contributed by atoms with Crippen molar-refractivity contribution in [3.8, 4) is 0 Å². The fourth-order valence-electron chi connectivity index (χ4n) is 2.91. The van der Waals surface area contributed by atoms with Crippen molar-refractivity contribution >= 4 is 24.7 Å². The molecule has 0 amide bonds. The van der Waals surface area contributed by atoms with Crippen LogP contribution >= 0.6 is 0 Å². The minimum atomic E-state index is -1.99. The maximum Gasteiger partial charge on any atom is 0.216 e. The summed E-state index contributed by atoms with van der Waals surface area (Å²) in [6, 6.07) is 1.22. The lowest BCUT2D eigenvalue weighted by Crippen LogP contribution is -2.65. The average Bonchev–Trinajstić information content (AvgIpc) is 2.24. The predicted octanol–water partition coefficient (Wildman–Crippen LogP) is 6.20. The van der Waals surface area contributed by atoms with E-state index in [1.165, 1.54) is 12.5 Å². The molecule has 0 fully saturated rings. The summed E-state index contributed by atoms with van der Waals surface area (Å²) in [6.45, 7) is 28.0. The van der Waals surface area contributed by atoms with Crippen LogP contribution in [0.4, 0.5) is 0 Å². The maximum atomic E-state index is 6.93. The molecular formula is C17H42O2Si3. The van der Waals surface area contributed by atoms with Crippen LogP contribution in [-0.4, -0.2) is 35.2 Å². The molecule has 0 saturated carbocycles. The minimum absolute atomic E-state index is 0.0276. The quantitative estimate of drug-likeness (QED) is 0.454. The summed E-state index contributed by atoms with van der Waals surface area (Å²) in [6.07, 6.45) is 2.30. The van der Waals surface area contributed by atoms with Gasteiger partial charge >= 0.3 is 0 Å². The van der Waals surface area contributed by atoms with Crippen molar-refractivity contribution in [2.45, 2.75) is 110 Å². The van der Waals surface area contributed by atoms with E-state index in [0.29, 0.717) is 0 Å². The lowest BCUT2D eigenvalue weighted by molar-refractivity contribution is 0.0878. The summed E-state index contributed by atoms with van der Waals surface area (Å²) in [4.78, 5) is 0. The summed E-state index contributed by atoms with van der Waals surface area (Å²) in [5.74, 6) is 0. The van der Waals surface area contributed by atoms with Crippen molar-refractivity contribution in [3.63, 3.8) is 0 Å². The summed E-state index contributed by atoms with van der Waals surface area (Å²) < 4.78 is 13.7. The van der Waals surface area contributed by atoms with E-state index >= 15 is 0 Å². The Bertz CT molecular complexity index is 359. The van der Waals surface area contributed by atoms with Crippen LogP contribution in [0.3, 0.4) is 0 Å². The summed E-state index contributed by atoms with van der Waals surface area (Å²) in [5, 5.41) is -0.117. The Balaban J connectivity index is 5.36. The Kier molecular flexibility index (Phi) is 7.40. The van der Waals surface area contributed by atoms with Gasteiger partial charge < -0.3 is 8.85 Å². The van der Waals surface area contributed by atoms with Crippen molar-refractivity contribution in [1.82, 2.24) is 0 Å². The second-order valence-electron chi connectivity index (χ2n) is 9.57. The van der Waals surface area contributed by atoms with Crippen LogP contribution in [0.1, 0.15) is 47.5 Å². The van der Waals surface area contributed by atoms with Crippen molar-refractivity contribution in [2.24, 2.45) is 0 Å². The molecule has 0 saturated heterocycles. The minimum Gasteiger partial charge on any atom is -0.412 e. The van der Waals surface area contributed by atoms with Gasteiger partial charge in [-0.25, -0.2) is 0 Å². The zero-order chi connectivity index (χ0) is 18.0. The summed E-state index contributed by atoms with van der Waals surface area (Å²) >= 11 is 0. The molecule has 0 aromatic carbocycles. The number of hydrogen-bond acceptors (Lipinski definition) is 2. The first-order chi connectivity index (χ1) is 9.54. The van der Waals surface area contributed by atoms with Crippen LogP contribution in [-0.2, 0) is 8.85 Å². The average molecular weight is 363 g/mol. The zero-order valence-corrected chi connectivity index (χ0v) is 20.4. The Morgan fingerprint density at radius 1 is 0.773 bits per heavy atom. The van der Waals surface area contributed by atoms with Crippen LogP contribution < -0.4 is 0 Å². The first-order valence-corrected chi connectivity index (χ1v) is 18.5. The van der Waals surface area contributed by atoms with Gasteiger partial charge in [-0.1, -0.05) is 39.9 Å². The predicted molar refractivity (Wildman–Crippen MR) is 108 cm³/mol. The molecule has 0 aromatic rings. The van der Waals surface area contributed by atoms with Crippen LogP contribution in [0.25, 0.3) is 0 Å². The molecule has 22 heavy (non-hydrogen) atoms. The largest absolute Gasteiger partial charge is 0.412 e. The molecule has 0 spiro atoms. The van der Waals surface area contributed by atoms with Gasteiger partial charge in [0, 0.05) is 5.22 Å². The van der Waals surface area contributed by atoms with Crippen molar-refractivity contribution in [1.29, 1.82) is 0 Å². The van der Waals surface area contributed by atoms with Crippen LogP contribution in [0, 0.1) is 0 Å². The fourth-order valence-corrected chi connectivity index (χ4v) is 12.0. The zero-order valence-electron chi connectivity index (χ0n) is 17.4. The van der Waals surface area contributed by atoms with E-state index in [9.17, 15) is 0 Å². The van der Waals surface area contributed by atoms with E-state index in [-0.39, 0.29) is 10.4 Å². The molecule has 0 heterocycles. The Morgan fingerprint density at radius 2 is 1.23 bits per heavy atom. The van der Waals surface area contributed by atoms with E-state index in [0.717, 1.165) is 6.42 Å². The first kappa shape index (κ1) is 22.6. The van der Waals surface area contributed by atoms with E-state index in [2.05, 4.69) is 80.4 Å². The van der Waals surface area contributed by atoms with Gasteiger partial charge in [0.2, 0.25) is 8.32 Å². The van der Waals surface area contributed by atoms with E-state index in [4.69, 9.17) is 8.85 Å². The van der Waals surface area contributed by atoms with E-state index in [1.807, 2.05) is 0 Å². The standard InChI is InChI=1S/C17H42O2Si3/c1-13-15-21(9,10)18-16(3,4)22(11,12)19-17(5,14-2)20(6,7)8/h13-15H2,1-12H3. The SMILES string of the molecule is CCC[Si](C)(C)OC(C)(C)[Si](C)(C)OC(C)(CC)[Si](C)(C)C. The summed E-state index contributed by atoms with van der Waals surface area (Å²) in [5.41, 5.74) is 0. The van der Waals surface area contributed by atoms with Gasteiger partial charge in [0.1, 0.15) is 0 Å². The summed E-state index contributed by atoms with van der Waals surface area (Å²) in [7, 11) is -5.01. The maximum absolute atomic E-state index is 6.93. The van der Waals surface area contributed by atoms with E-state index < -0.39 is 24.7 Å². The number of hydrogen-bond donors (Lipinski definition) is 0. The van der Waals surface area contributed by atoms with Crippen LogP contribution in [0.2, 0.25) is 51.9 Å². The molecule has 5 heteroatoms. The molecule has 0 rings (SSSR count). The third-order valence-corrected chi connectivity index (χ3v) is 16.3. The molecule has 0 bridgehead atoms. The highest BCUT2D eigenvalue weighted by molar-refractivity contribution is 6.82. The molecule has 0 aliphatic rings. The van der Waals surface area contributed by atoms with Gasteiger partial charge in [0.15, 0.2) is 8.32 Å². The highest BCUT2D eigenvalue weighted by atomic mass is 28.4. The molecule has 1 unspecified atom stereocenters. The topological polar surface area (TPSA) is 18.5 Å². The molecule has 134 valence electrons. The monoisotopic (exact) mass is 362 g/mol. The third-order valence-electron chi connectivity index (χ3n) is 5.58. The lowest BCUT2D eigenvalue weighted by Gasteiger charge is -2.51. The first-order valence-electron chi connectivity index (χ1n) is 8.94. The van der Waals surface area contributed by atoms with Gasteiger partial charge in [-0.3, -0.25) is 0 Å². The Hall–Kier alpha value is 0.571. The van der Waals surface area contributed by atoms with E-state index in [1.54, 1.807) is 0 Å². The molecule has 0 aromatic heterocycles. The fraction of sp³-hybridized carbons (Fsp3) is 1.00. The van der Waals surface area contributed by atoms with Gasteiger partial charge in [0.25, 0.3) is 0 Å². The van der Waals surface area contributed by atoms with Crippen LogP contribution in [0.15, 0.2) is 0 Å². The third kappa shape index (κ3) is 5.58. The Labute approximate surface area is 143 Å². The second kappa shape index (κ2) is 7.21. The van der Waals surface area contributed by atoms with Gasteiger partial charge in [-0.05, 0) is 59.4 Å². The molecule has 2 nitrogen and oxygen atoms in total. The molecule has 0 N–H and O–H groups in total. The van der Waals surface area contributed by atoms with Crippen molar-refractivity contribution in [2.75, 3.05) is 0 Å².